The van der Waals surface area contributed by atoms with Gasteiger partial charge in [0.15, 0.2) is 0 Å². The summed E-state index contributed by atoms with van der Waals surface area (Å²) in [5, 5.41) is 0. The number of carbonyl (C=O) groups excluding carboxylic acids is 1. The van der Waals surface area contributed by atoms with Crippen LogP contribution in [0.5, 0.6) is 0 Å². The highest BCUT2D eigenvalue weighted by Gasteiger charge is 2.31. The van der Waals surface area contributed by atoms with Gasteiger partial charge in [0.05, 0.1) is 5.92 Å². The normalized spacial score (nSPS) is 25.1. The van der Waals surface area contributed by atoms with Crippen LogP contribution in [-0.4, -0.2) is 29.9 Å². The maximum absolute atomic E-state index is 12.7. The molecule has 0 aliphatic carbocycles. The fraction of sp³-hybridized carbons (Fsp3) is 0.562. The molecule has 3 heteroatoms. The van der Waals surface area contributed by atoms with Gasteiger partial charge in [0.25, 0.3) is 0 Å². The van der Waals surface area contributed by atoms with Gasteiger partial charge < -0.3 is 10.6 Å². The topological polar surface area (TPSA) is 46.3 Å². The summed E-state index contributed by atoms with van der Waals surface area (Å²) in [7, 11) is 0. The molecule has 3 atom stereocenters. The van der Waals surface area contributed by atoms with Crippen LogP contribution in [0.1, 0.15) is 38.2 Å². The first-order valence-corrected chi connectivity index (χ1v) is 7.19. The van der Waals surface area contributed by atoms with Crippen molar-refractivity contribution in [2.24, 2.45) is 11.7 Å². The Morgan fingerprint density at radius 3 is 2.68 bits per heavy atom. The fourth-order valence-corrected chi connectivity index (χ4v) is 2.81. The Balaban J connectivity index is 2.09. The molecule has 1 amide bonds. The van der Waals surface area contributed by atoms with Gasteiger partial charge in [0, 0.05) is 12.6 Å². The minimum absolute atomic E-state index is 0.0693. The zero-order valence-electron chi connectivity index (χ0n) is 11.9. The van der Waals surface area contributed by atoms with E-state index in [0.717, 1.165) is 24.9 Å². The minimum Gasteiger partial charge on any atom is -0.339 e. The molecule has 3 unspecified atom stereocenters. The van der Waals surface area contributed by atoms with Crippen LogP contribution >= 0.6 is 0 Å². The number of amides is 1. The minimum atomic E-state index is -0.0693. The van der Waals surface area contributed by atoms with Crippen molar-refractivity contribution in [3.63, 3.8) is 0 Å². The summed E-state index contributed by atoms with van der Waals surface area (Å²) in [5.74, 6) is 0.625. The molecule has 104 valence electrons. The van der Waals surface area contributed by atoms with Crippen LogP contribution in [-0.2, 0) is 4.79 Å². The first-order chi connectivity index (χ1) is 9.13. The van der Waals surface area contributed by atoms with Gasteiger partial charge in [-0.15, -0.1) is 0 Å². The molecule has 1 aliphatic rings. The maximum atomic E-state index is 12.7. The molecule has 0 saturated carbocycles. The van der Waals surface area contributed by atoms with Crippen molar-refractivity contribution in [1.82, 2.24) is 4.90 Å². The Morgan fingerprint density at radius 1 is 1.37 bits per heavy atom. The van der Waals surface area contributed by atoms with Gasteiger partial charge in [-0.3, -0.25) is 4.79 Å². The number of hydrogen-bond donors (Lipinski definition) is 1. The SMILES string of the molecule is CC(C(=O)N1CC(CN)CCC1C)c1ccccc1. The number of nitrogens with two attached hydrogens (primary N) is 1. The molecule has 0 radical (unpaired) electrons. The van der Waals surface area contributed by atoms with E-state index in [1.807, 2.05) is 42.2 Å². The lowest BCUT2D eigenvalue weighted by molar-refractivity contribution is -0.136. The second kappa shape index (κ2) is 6.20. The molecule has 19 heavy (non-hydrogen) atoms. The summed E-state index contributed by atoms with van der Waals surface area (Å²) >= 11 is 0. The van der Waals surface area contributed by atoms with Crippen LogP contribution in [0.25, 0.3) is 0 Å². The van der Waals surface area contributed by atoms with Crippen LogP contribution < -0.4 is 5.73 Å². The summed E-state index contributed by atoms with van der Waals surface area (Å²) in [5.41, 5.74) is 6.85. The monoisotopic (exact) mass is 260 g/mol. The fourth-order valence-electron chi connectivity index (χ4n) is 2.81. The number of rotatable bonds is 3. The van der Waals surface area contributed by atoms with Gasteiger partial charge in [-0.05, 0) is 44.7 Å². The average molecular weight is 260 g/mol. The molecule has 1 aromatic rings. The Kier molecular flexibility index (Phi) is 4.59. The van der Waals surface area contributed by atoms with Crippen LogP contribution in [0, 0.1) is 5.92 Å². The molecule has 0 bridgehead atoms. The van der Waals surface area contributed by atoms with E-state index in [2.05, 4.69) is 6.92 Å². The maximum Gasteiger partial charge on any atom is 0.230 e. The summed E-state index contributed by atoms with van der Waals surface area (Å²) in [6.45, 7) is 5.63. The summed E-state index contributed by atoms with van der Waals surface area (Å²) in [4.78, 5) is 14.7. The highest BCUT2D eigenvalue weighted by Crippen LogP contribution is 2.26. The Labute approximate surface area is 115 Å². The van der Waals surface area contributed by atoms with E-state index in [0.29, 0.717) is 18.5 Å². The molecule has 0 aromatic heterocycles. The lowest BCUT2D eigenvalue weighted by atomic mass is 9.91. The van der Waals surface area contributed by atoms with Crippen molar-refractivity contribution in [1.29, 1.82) is 0 Å². The second-order valence-electron chi connectivity index (χ2n) is 5.65. The summed E-state index contributed by atoms with van der Waals surface area (Å²) in [6.07, 6.45) is 2.20. The number of nitrogens with zero attached hydrogens (tertiary/aromatic N) is 1. The number of carbonyl (C=O) groups is 1. The van der Waals surface area contributed by atoms with Crippen molar-refractivity contribution in [2.75, 3.05) is 13.1 Å². The molecule has 1 heterocycles. The number of piperidine rings is 1. The largest absolute Gasteiger partial charge is 0.339 e. The number of benzene rings is 1. The average Bonchev–Trinajstić information content (AvgIpc) is 2.47. The van der Waals surface area contributed by atoms with Gasteiger partial charge in [-0.25, -0.2) is 0 Å². The Hall–Kier alpha value is -1.35. The van der Waals surface area contributed by atoms with E-state index in [1.54, 1.807) is 0 Å². The molecule has 1 aliphatic heterocycles. The smallest absolute Gasteiger partial charge is 0.230 e. The summed E-state index contributed by atoms with van der Waals surface area (Å²) in [6, 6.07) is 10.3. The van der Waals surface area contributed by atoms with Gasteiger partial charge in [-0.1, -0.05) is 30.3 Å². The van der Waals surface area contributed by atoms with E-state index >= 15 is 0 Å². The van der Waals surface area contributed by atoms with Crippen molar-refractivity contribution in [3.05, 3.63) is 35.9 Å². The van der Waals surface area contributed by atoms with Crippen molar-refractivity contribution < 1.29 is 4.79 Å². The number of hydrogen-bond acceptors (Lipinski definition) is 2. The van der Waals surface area contributed by atoms with Crippen molar-refractivity contribution in [2.45, 2.75) is 38.6 Å². The molecule has 1 fully saturated rings. The molecule has 1 aromatic carbocycles. The predicted octanol–water partition coefficient (Wildman–Crippen LogP) is 2.38. The lowest BCUT2D eigenvalue weighted by Crippen LogP contribution is -2.48. The highest BCUT2D eigenvalue weighted by molar-refractivity contribution is 5.83. The molecule has 1 saturated heterocycles. The van der Waals surface area contributed by atoms with Crippen LogP contribution in [0.15, 0.2) is 30.3 Å². The molecule has 0 spiro atoms. The third-order valence-corrected chi connectivity index (χ3v) is 4.27. The van der Waals surface area contributed by atoms with Crippen molar-refractivity contribution >= 4 is 5.91 Å². The first kappa shape index (κ1) is 14.1. The van der Waals surface area contributed by atoms with E-state index in [4.69, 9.17) is 5.73 Å². The molecule has 2 N–H and O–H groups in total. The lowest BCUT2D eigenvalue weighted by Gasteiger charge is -2.39. The number of likely N-dealkylation sites (tertiary alicyclic amines) is 1. The molecule has 3 nitrogen and oxygen atoms in total. The zero-order valence-corrected chi connectivity index (χ0v) is 11.9. The van der Waals surface area contributed by atoms with Gasteiger partial charge in [-0.2, -0.15) is 0 Å². The van der Waals surface area contributed by atoms with Gasteiger partial charge >= 0.3 is 0 Å². The van der Waals surface area contributed by atoms with Gasteiger partial charge in [0.2, 0.25) is 5.91 Å². The first-order valence-electron chi connectivity index (χ1n) is 7.19. The van der Waals surface area contributed by atoms with Crippen LogP contribution in [0.2, 0.25) is 0 Å². The highest BCUT2D eigenvalue weighted by atomic mass is 16.2. The third-order valence-electron chi connectivity index (χ3n) is 4.27. The second-order valence-corrected chi connectivity index (χ2v) is 5.65. The Morgan fingerprint density at radius 2 is 2.05 bits per heavy atom. The predicted molar refractivity (Wildman–Crippen MR) is 77.8 cm³/mol. The summed E-state index contributed by atoms with van der Waals surface area (Å²) < 4.78 is 0. The molecular weight excluding hydrogens is 236 g/mol. The van der Waals surface area contributed by atoms with Crippen LogP contribution in [0.4, 0.5) is 0 Å². The molecule has 2 rings (SSSR count). The van der Waals surface area contributed by atoms with Gasteiger partial charge in [0.1, 0.15) is 0 Å². The van der Waals surface area contributed by atoms with E-state index in [-0.39, 0.29) is 11.8 Å². The van der Waals surface area contributed by atoms with E-state index in [1.165, 1.54) is 0 Å². The van der Waals surface area contributed by atoms with Crippen molar-refractivity contribution in [3.8, 4) is 0 Å². The van der Waals surface area contributed by atoms with E-state index in [9.17, 15) is 4.79 Å². The molecular formula is C16H24N2O. The quantitative estimate of drug-likeness (QED) is 0.907. The van der Waals surface area contributed by atoms with Crippen LogP contribution in [0.3, 0.4) is 0 Å². The Bertz CT molecular complexity index is 418. The standard InChI is InChI=1S/C16H24N2O/c1-12-8-9-14(10-17)11-18(12)16(19)13(2)15-6-4-3-5-7-15/h3-7,12-14H,8-11,17H2,1-2H3. The van der Waals surface area contributed by atoms with E-state index < -0.39 is 0 Å². The third kappa shape index (κ3) is 3.16. The zero-order chi connectivity index (χ0) is 13.8.